The van der Waals surface area contributed by atoms with Crippen LogP contribution < -0.4 is 10.2 Å². The lowest BCUT2D eigenvalue weighted by Crippen LogP contribution is -2.51. The summed E-state index contributed by atoms with van der Waals surface area (Å²) < 4.78 is 1.77. The van der Waals surface area contributed by atoms with Crippen LogP contribution in [0.2, 0.25) is 0 Å². The molecular weight excluding hydrogens is 322 g/mol. The lowest BCUT2D eigenvalue weighted by molar-refractivity contribution is 0.0697. The molecule has 0 bridgehead atoms. The minimum atomic E-state index is -0.956. The Bertz CT molecular complexity index is 748. The Morgan fingerprint density at radius 1 is 1.16 bits per heavy atom. The molecule has 3 rings (SSSR count). The Morgan fingerprint density at radius 3 is 2.40 bits per heavy atom. The first-order valence-corrected chi connectivity index (χ1v) is 8.11. The van der Waals surface area contributed by atoms with E-state index in [-0.39, 0.29) is 11.6 Å². The van der Waals surface area contributed by atoms with Crippen molar-refractivity contribution in [3.05, 3.63) is 47.8 Å². The lowest BCUT2D eigenvalue weighted by Gasteiger charge is -2.35. The summed E-state index contributed by atoms with van der Waals surface area (Å²) in [7, 11) is 1.89. The maximum absolute atomic E-state index is 12.3. The van der Waals surface area contributed by atoms with Crippen molar-refractivity contribution in [2.24, 2.45) is 7.05 Å². The number of piperazine rings is 1. The van der Waals surface area contributed by atoms with Gasteiger partial charge < -0.3 is 20.2 Å². The predicted octanol–water partition coefficient (Wildman–Crippen LogP) is 1.15. The van der Waals surface area contributed by atoms with Crippen molar-refractivity contribution >= 4 is 17.7 Å². The second kappa shape index (κ2) is 7.25. The topological polar surface area (TPSA) is 90.7 Å². The molecule has 1 aliphatic rings. The van der Waals surface area contributed by atoms with Gasteiger partial charge in [-0.15, -0.1) is 0 Å². The molecule has 0 aliphatic carbocycles. The molecule has 2 heterocycles. The maximum Gasteiger partial charge on any atom is 0.335 e. The van der Waals surface area contributed by atoms with Crippen molar-refractivity contribution < 1.29 is 14.7 Å². The normalized spacial score (nSPS) is 14.4. The Morgan fingerprint density at radius 2 is 1.84 bits per heavy atom. The van der Waals surface area contributed by atoms with Crippen molar-refractivity contribution in [3.8, 4) is 0 Å². The van der Waals surface area contributed by atoms with Gasteiger partial charge in [-0.25, -0.2) is 9.59 Å². The summed E-state index contributed by atoms with van der Waals surface area (Å²) in [4.78, 5) is 27.1. The van der Waals surface area contributed by atoms with Gasteiger partial charge in [-0.3, -0.25) is 4.68 Å². The fraction of sp³-hybridized carbons (Fsp3) is 0.353. The van der Waals surface area contributed by atoms with Gasteiger partial charge in [0.25, 0.3) is 0 Å². The number of aryl methyl sites for hydroxylation is 1. The molecule has 1 saturated heterocycles. The van der Waals surface area contributed by atoms with Gasteiger partial charge in [0.05, 0.1) is 17.4 Å². The number of rotatable bonds is 4. The number of benzene rings is 1. The van der Waals surface area contributed by atoms with Crippen molar-refractivity contribution in [2.45, 2.75) is 6.54 Å². The highest BCUT2D eigenvalue weighted by molar-refractivity contribution is 5.87. The standard InChI is InChI=1S/C17H21N5O3/c1-20-12-15(11-19-20)21-6-8-22(9-7-21)17(25)18-10-13-2-4-14(5-3-13)16(23)24/h2-5,11-12H,6-10H2,1H3,(H,18,25)(H,23,24). The van der Waals surface area contributed by atoms with E-state index in [1.807, 2.05) is 19.4 Å². The van der Waals surface area contributed by atoms with Crippen LogP contribution in [0.4, 0.5) is 10.5 Å². The van der Waals surface area contributed by atoms with Crippen molar-refractivity contribution in [1.29, 1.82) is 0 Å². The molecule has 0 radical (unpaired) electrons. The molecule has 25 heavy (non-hydrogen) atoms. The minimum Gasteiger partial charge on any atom is -0.478 e. The second-order valence-corrected chi connectivity index (χ2v) is 6.01. The highest BCUT2D eigenvalue weighted by Crippen LogP contribution is 2.15. The quantitative estimate of drug-likeness (QED) is 0.869. The summed E-state index contributed by atoms with van der Waals surface area (Å²) >= 11 is 0. The molecule has 0 atom stereocenters. The highest BCUT2D eigenvalue weighted by atomic mass is 16.4. The summed E-state index contributed by atoms with van der Waals surface area (Å²) in [5.41, 5.74) is 2.18. The molecule has 0 spiro atoms. The average molecular weight is 343 g/mol. The van der Waals surface area contributed by atoms with E-state index in [4.69, 9.17) is 5.11 Å². The molecular formula is C17H21N5O3. The highest BCUT2D eigenvalue weighted by Gasteiger charge is 2.21. The first-order valence-electron chi connectivity index (χ1n) is 8.11. The van der Waals surface area contributed by atoms with Crippen LogP contribution in [0.25, 0.3) is 0 Å². The van der Waals surface area contributed by atoms with Gasteiger partial charge in [-0.2, -0.15) is 5.10 Å². The molecule has 1 aromatic heterocycles. The zero-order valence-electron chi connectivity index (χ0n) is 14.1. The van der Waals surface area contributed by atoms with E-state index >= 15 is 0 Å². The summed E-state index contributed by atoms with van der Waals surface area (Å²) in [6, 6.07) is 6.40. The Kier molecular flexibility index (Phi) is 4.87. The monoisotopic (exact) mass is 343 g/mol. The van der Waals surface area contributed by atoms with Gasteiger partial charge in [0, 0.05) is 46.0 Å². The number of aromatic nitrogens is 2. The van der Waals surface area contributed by atoms with E-state index in [2.05, 4.69) is 15.3 Å². The van der Waals surface area contributed by atoms with E-state index in [9.17, 15) is 9.59 Å². The Hall–Kier alpha value is -3.03. The number of carbonyl (C=O) groups is 2. The molecule has 0 unspecified atom stereocenters. The van der Waals surface area contributed by atoms with Crippen LogP contribution in [0.15, 0.2) is 36.7 Å². The van der Waals surface area contributed by atoms with Crippen LogP contribution in [0, 0.1) is 0 Å². The maximum atomic E-state index is 12.3. The summed E-state index contributed by atoms with van der Waals surface area (Å²) in [5.74, 6) is -0.956. The van der Waals surface area contributed by atoms with Crippen LogP contribution >= 0.6 is 0 Å². The molecule has 132 valence electrons. The van der Waals surface area contributed by atoms with Gasteiger partial charge in [-0.1, -0.05) is 12.1 Å². The average Bonchev–Trinajstić information content (AvgIpc) is 3.06. The van der Waals surface area contributed by atoms with Crippen molar-refractivity contribution in [3.63, 3.8) is 0 Å². The number of carbonyl (C=O) groups excluding carboxylic acids is 1. The first kappa shape index (κ1) is 16.8. The Balaban J connectivity index is 1.47. The molecule has 8 nitrogen and oxygen atoms in total. The number of hydrogen-bond acceptors (Lipinski definition) is 4. The zero-order valence-corrected chi connectivity index (χ0v) is 14.1. The lowest BCUT2D eigenvalue weighted by atomic mass is 10.1. The number of carboxylic acid groups (broad SMARTS) is 1. The van der Waals surface area contributed by atoms with Crippen LogP contribution in [0.5, 0.6) is 0 Å². The number of nitrogens with one attached hydrogen (secondary N) is 1. The van der Waals surface area contributed by atoms with E-state index < -0.39 is 5.97 Å². The molecule has 1 aliphatic heterocycles. The molecule has 2 amide bonds. The number of anilines is 1. The summed E-state index contributed by atoms with van der Waals surface area (Å²) in [5, 5.41) is 15.9. The van der Waals surface area contributed by atoms with Crippen molar-refractivity contribution in [1.82, 2.24) is 20.0 Å². The van der Waals surface area contributed by atoms with Crippen LogP contribution in [0.1, 0.15) is 15.9 Å². The van der Waals surface area contributed by atoms with E-state index in [1.165, 1.54) is 12.1 Å². The third-order valence-corrected chi connectivity index (χ3v) is 4.27. The number of carboxylic acids is 1. The van der Waals surface area contributed by atoms with Crippen LogP contribution in [-0.4, -0.2) is 58.0 Å². The second-order valence-electron chi connectivity index (χ2n) is 6.01. The van der Waals surface area contributed by atoms with Gasteiger partial charge in [0.1, 0.15) is 0 Å². The minimum absolute atomic E-state index is 0.104. The molecule has 1 aromatic carbocycles. The smallest absolute Gasteiger partial charge is 0.335 e. The third kappa shape index (κ3) is 4.09. The van der Waals surface area contributed by atoms with Gasteiger partial charge in [-0.05, 0) is 17.7 Å². The van der Waals surface area contributed by atoms with Crippen LogP contribution in [-0.2, 0) is 13.6 Å². The molecule has 1 fully saturated rings. The molecule has 0 saturated carbocycles. The van der Waals surface area contributed by atoms with Gasteiger partial charge in [0.2, 0.25) is 0 Å². The summed E-state index contributed by atoms with van der Waals surface area (Å²) in [6.45, 7) is 3.22. The van der Waals surface area contributed by atoms with E-state index in [0.29, 0.717) is 19.6 Å². The third-order valence-electron chi connectivity index (χ3n) is 4.27. The fourth-order valence-electron chi connectivity index (χ4n) is 2.79. The molecule has 2 N–H and O–H groups in total. The SMILES string of the molecule is Cn1cc(N2CCN(C(=O)NCc3ccc(C(=O)O)cc3)CC2)cn1. The number of urea groups is 1. The van der Waals surface area contributed by atoms with E-state index in [1.54, 1.807) is 21.7 Å². The van der Waals surface area contributed by atoms with Gasteiger partial charge >= 0.3 is 12.0 Å². The predicted molar refractivity (Wildman–Crippen MR) is 92.6 cm³/mol. The van der Waals surface area contributed by atoms with Crippen molar-refractivity contribution in [2.75, 3.05) is 31.1 Å². The largest absolute Gasteiger partial charge is 0.478 e. The van der Waals surface area contributed by atoms with Crippen LogP contribution in [0.3, 0.4) is 0 Å². The molecule has 8 heteroatoms. The number of aromatic carboxylic acids is 1. The number of amides is 2. The first-order chi connectivity index (χ1) is 12.0. The fourth-order valence-corrected chi connectivity index (χ4v) is 2.79. The Labute approximate surface area is 145 Å². The summed E-state index contributed by atoms with van der Waals surface area (Å²) in [6.07, 6.45) is 3.80. The van der Waals surface area contributed by atoms with E-state index in [0.717, 1.165) is 24.3 Å². The molecule has 2 aromatic rings. The zero-order chi connectivity index (χ0) is 17.8. The number of nitrogens with zero attached hydrogens (tertiary/aromatic N) is 4. The van der Waals surface area contributed by atoms with Gasteiger partial charge in [0.15, 0.2) is 0 Å². The number of hydrogen-bond donors (Lipinski definition) is 2.